The van der Waals surface area contributed by atoms with Gasteiger partial charge < -0.3 is 16.0 Å². The second-order valence-electron chi connectivity index (χ2n) is 4.30. The molecule has 0 aromatic carbocycles. The Morgan fingerprint density at radius 1 is 1.37 bits per heavy atom. The lowest BCUT2D eigenvalue weighted by molar-refractivity contribution is 0.0954. The fraction of sp³-hybridized carbons (Fsp3) is 0.462. The van der Waals surface area contributed by atoms with E-state index in [0.29, 0.717) is 24.7 Å². The van der Waals surface area contributed by atoms with Crippen LogP contribution in [0, 0.1) is 0 Å². The van der Waals surface area contributed by atoms with E-state index >= 15 is 0 Å². The van der Waals surface area contributed by atoms with Crippen molar-refractivity contribution in [3.63, 3.8) is 0 Å². The number of amides is 1. The number of aromatic nitrogens is 1. The highest BCUT2D eigenvalue weighted by Crippen LogP contribution is 1.94. The highest BCUT2D eigenvalue weighted by molar-refractivity contribution is 5.93. The second-order valence-corrected chi connectivity index (χ2v) is 4.30. The number of guanidine groups is 1. The number of carbonyl (C=O) groups excluding carboxylic acids is 1. The van der Waals surface area contributed by atoms with E-state index in [1.807, 2.05) is 13.8 Å². The average Bonchev–Trinajstić information content (AvgIpc) is 2.42. The Kier molecular flexibility index (Phi) is 6.35. The van der Waals surface area contributed by atoms with Gasteiger partial charge in [0.15, 0.2) is 5.96 Å². The zero-order chi connectivity index (χ0) is 14.1. The normalized spacial score (nSPS) is 11.3. The molecule has 0 bridgehead atoms. The first-order chi connectivity index (χ1) is 9.13. The van der Waals surface area contributed by atoms with Crippen molar-refractivity contribution in [2.45, 2.75) is 19.9 Å². The van der Waals surface area contributed by atoms with Crippen molar-refractivity contribution in [1.29, 1.82) is 0 Å². The Morgan fingerprint density at radius 2 is 2.11 bits per heavy atom. The van der Waals surface area contributed by atoms with E-state index in [4.69, 9.17) is 0 Å². The Balaban J connectivity index is 2.26. The standard InChI is InChI=1S/C13H21N5O/c1-10(2)18-13(14-3)17-8-7-16-12(19)11-5-4-6-15-9-11/h4-6,9-10H,7-8H2,1-3H3,(H,16,19)(H2,14,17,18). The molecule has 1 aromatic rings. The zero-order valence-electron chi connectivity index (χ0n) is 11.6. The van der Waals surface area contributed by atoms with Gasteiger partial charge in [0.25, 0.3) is 5.91 Å². The number of carbonyl (C=O) groups is 1. The fourth-order valence-corrected chi connectivity index (χ4v) is 1.42. The van der Waals surface area contributed by atoms with Crippen LogP contribution in [0.15, 0.2) is 29.5 Å². The number of nitrogens with one attached hydrogen (secondary N) is 3. The van der Waals surface area contributed by atoms with Gasteiger partial charge in [0.05, 0.1) is 5.56 Å². The van der Waals surface area contributed by atoms with E-state index < -0.39 is 0 Å². The van der Waals surface area contributed by atoms with Crippen LogP contribution in [-0.2, 0) is 0 Å². The molecular formula is C13H21N5O. The number of hydrogen-bond donors (Lipinski definition) is 3. The molecule has 0 saturated carbocycles. The summed E-state index contributed by atoms with van der Waals surface area (Å²) in [6, 6.07) is 3.78. The molecule has 6 nitrogen and oxygen atoms in total. The molecule has 0 atom stereocenters. The van der Waals surface area contributed by atoms with Gasteiger partial charge in [-0.15, -0.1) is 0 Å². The number of hydrogen-bond acceptors (Lipinski definition) is 3. The van der Waals surface area contributed by atoms with Crippen LogP contribution in [0.2, 0.25) is 0 Å². The lowest BCUT2D eigenvalue weighted by atomic mass is 10.3. The van der Waals surface area contributed by atoms with Gasteiger partial charge in [0.2, 0.25) is 0 Å². The summed E-state index contributed by atoms with van der Waals surface area (Å²) in [6.45, 7) is 5.21. The molecule has 0 aliphatic heterocycles. The monoisotopic (exact) mass is 263 g/mol. The lowest BCUT2D eigenvalue weighted by Crippen LogP contribution is -2.44. The minimum atomic E-state index is -0.123. The van der Waals surface area contributed by atoms with Gasteiger partial charge >= 0.3 is 0 Å². The molecule has 0 radical (unpaired) electrons. The Bertz CT molecular complexity index is 416. The molecule has 104 valence electrons. The molecule has 3 N–H and O–H groups in total. The smallest absolute Gasteiger partial charge is 0.252 e. The van der Waals surface area contributed by atoms with Crippen LogP contribution in [0.3, 0.4) is 0 Å². The first-order valence-corrected chi connectivity index (χ1v) is 6.29. The second kappa shape index (κ2) is 8.07. The van der Waals surface area contributed by atoms with E-state index in [9.17, 15) is 4.79 Å². The molecule has 0 fully saturated rings. The van der Waals surface area contributed by atoms with Crippen LogP contribution in [-0.4, -0.2) is 43.0 Å². The van der Waals surface area contributed by atoms with Crippen molar-refractivity contribution in [2.24, 2.45) is 4.99 Å². The largest absolute Gasteiger partial charge is 0.355 e. The molecule has 0 aliphatic carbocycles. The summed E-state index contributed by atoms with van der Waals surface area (Å²) in [5.41, 5.74) is 0.562. The minimum absolute atomic E-state index is 0.123. The van der Waals surface area contributed by atoms with Crippen molar-refractivity contribution < 1.29 is 4.79 Å². The molecule has 1 amide bonds. The molecular weight excluding hydrogens is 242 g/mol. The van der Waals surface area contributed by atoms with E-state index in [1.165, 1.54) is 0 Å². The van der Waals surface area contributed by atoms with Gasteiger partial charge in [-0.3, -0.25) is 14.8 Å². The fourth-order valence-electron chi connectivity index (χ4n) is 1.42. The van der Waals surface area contributed by atoms with Gasteiger partial charge in [0, 0.05) is 38.6 Å². The van der Waals surface area contributed by atoms with Gasteiger partial charge in [-0.1, -0.05) is 0 Å². The molecule has 1 aromatic heterocycles. The van der Waals surface area contributed by atoms with E-state index in [0.717, 1.165) is 5.96 Å². The van der Waals surface area contributed by atoms with Crippen LogP contribution in [0.1, 0.15) is 24.2 Å². The van der Waals surface area contributed by atoms with E-state index in [1.54, 1.807) is 31.6 Å². The SMILES string of the molecule is CN=C(NCCNC(=O)c1cccnc1)NC(C)C. The quantitative estimate of drug-likeness (QED) is 0.408. The van der Waals surface area contributed by atoms with Crippen LogP contribution in [0.4, 0.5) is 0 Å². The Labute approximate surface area is 113 Å². The van der Waals surface area contributed by atoms with Gasteiger partial charge in [-0.25, -0.2) is 0 Å². The molecule has 1 rings (SSSR count). The summed E-state index contributed by atoms with van der Waals surface area (Å²) in [6.07, 6.45) is 3.18. The van der Waals surface area contributed by atoms with Gasteiger partial charge in [0.1, 0.15) is 0 Å². The molecule has 19 heavy (non-hydrogen) atoms. The Hall–Kier alpha value is -2.11. The third-order valence-electron chi connectivity index (χ3n) is 2.28. The van der Waals surface area contributed by atoms with Crippen LogP contribution >= 0.6 is 0 Å². The summed E-state index contributed by atoms with van der Waals surface area (Å²) >= 11 is 0. The lowest BCUT2D eigenvalue weighted by Gasteiger charge is -2.14. The molecule has 1 heterocycles. The summed E-state index contributed by atoms with van der Waals surface area (Å²) in [5.74, 6) is 0.604. The topological polar surface area (TPSA) is 78.4 Å². The van der Waals surface area contributed by atoms with Gasteiger partial charge in [-0.2, -0.15) is 0 Å². The summed E-state index contributed by atoms with van der Waals surface area (Å²) in [5, 5.41) is 9.09. The van der Waals surface area contributed by atoms with Crippen molar-refractivity contribution >= 4 is 11.9 Å². The minimum Gasteiger partial charge on any atom is -0.355 e. The van der Waals surface area contributed by atoms with Crippen molar-refractivity contribution in [1.82, 2.24) is 20.9 Å². The maximum absolute atomic E-state index is 11.7. The van der Waals surface area contributed by atoms with Crippen LogP contribution in [0.5, 0.6) is 0 Å². The first kappa shape index (κ1) is 14.9. The third-order valence-corrected chi connectivity index (χ3v) is 2.28. The average molecular weight is 263 g/mol. The van der Waals surface area contributed by atoms with Crippen LogP contribution in [0.25, 0.3) is 0 Å². The number of nitrogens with zero attached hydrogens (tertiary/aromatic N) is 2. The van der Waals surface area contributed by atoms with Gasteiger partial charge in [-0.05, 0) is 26.0 Å². The molecule has 0 unspecified atom stereocenters. The van der Waals surface area contributed by atoms with E-state index in [-0.39, 0.29) is 5.91 Å². The highest BCUT2D eigenvalue weighted by Gasteiger charge is 2.04. The molecule has 0 spiro atoms. The van der Waals surface area contributed by atoms with Crippen molar-refractivity contribution in [3.8, 4) is 0 Å². The number of pyridine rings is 1. The highest BCUT2D eigenvalue weighted by atomic mass is 16.1. The maximum Gasteiger partial charge on any atom is 0.252 e. The molecule has 6 heteroatoms. The summed E-state index contributed by atoms with van der Waals surface area (Å²) in [4.78, 5) is 19.7. The van der Waals surface area contributed by atoms with Crippen molar-refractivity contribution in [3.05, 3.63) is 30.1 Å². The summed E-state index contributed by atoms with van der Waals surface area (Å²) < 4.78 is 0. The predicted octanol–water partition coefficient (Wildman–Crippen LogP) is 0.385. The number of rotatable bonds is 5. The predicted molar refractivity (Wildman–Crippen MR) is 76.2 cm³/mol. The zero-order valence-corrected chi connectivity index (χ0v) is 11.6. The summed E-state index contributed by atoms with van der Waals surface area (Å²) in [7, 11) is 1.71. The maximum atomic E-state index is 11.7. The first-order valence-electron chi connectivity index (χ1n) is 6.29. The molecule has 0 saturated heterocycles. The molecule has 0 aliphatic rings. The number of aliphatic imine (C=N–C) groups is 1. The Morgan fingerprint density at radius 3 is 2.68 bits per heavy atom. The third kappa shape index (κ3) is 5.85. The van der Waals surface area contributed by atoms with E-state index in [2.05, 4.69) is 25.9 Å². The van der Waals surface area contributed by atoms with Crippen molar-refractivity contribution in [2.75, 3.05) is 20.1 Å². The van der Waals surface area contributed by atoms with Crippen LogP contribution < -0.4 is 16.0 Å².